The quantitative estimate of drug-likeness (QED) is 0.857. The highest BCUT2D eigenvalue weighted by Gasteiger charge is 2.20. The zero-order chi connectivity index (χ0) is 16.9. The first kappa shape index (κ1) is 16.3. The average molecular weight is 321 g/mol. The summed E-state index contributed by atoms with van der Waals surface area (Å²) in [5, 5.41) is 3.13. The molecule has 0 aromatic heterocycles. The zero-order valence-electron chi connectivity index (χ0n) is 14.2. The van der Waals surface area contributed by atoms with Crippen LogP contribution < -0.4 is 10.1 Å². The van der Waals surface area contributed by atoms with Gasteiger partial charge in [0.2, 0.25) is 5.91 Å². The molecule has 3 heteroatoms. The number of aryl methyl sites for hydroxylation is 2. The third-order valence-electron chi connectivity index (χ3n) is 4.49. The van der Waals surface area contributed by atoms with Gasteiger partial charge in [0.05, 0.1) is 13.2 Å². The summed E-state index contributed by atoms with van der Waals surface area (Å²) in [6.45, 7) is 2.02. The van der Waals surface area contributed by atoms with Gasteiger partial charge in [0.15, 0.2) is 0 Å². The van der Waals surface area contributed by atoms with E-state index in [1.54, 1.807) is 13.2 Å². The maximum Gasteiger partial charge on any atom is 0.244 e. The maximum atomic E-state index is 12.3. The lowest BCUT2D eigenvalue weighted by Crippen LogP contribution is -2.29. The lowest BCUT2D eigenvalue weighted by molar-refractivity contribution is -0.117. The molecule has 0 fully saturated rings. The Morgan fingerprint density at radius 1 is 1.25 bits per heavy atom. The second-order valence-corrected chi connectivity index (χ2v) is 6.23. The van der Waals surface area contributed by atoms with E-state index in [4.69, 9.17) is 4.74 Å². The summed E-state index contributed by atoms with van der Waals surface area (Å²) in [5.74, 6) is 0.702. The SMILES string of the molecule is COc1ccc(C)cc1C=CC(=O)NC1CCCc2ccccc21. The summed E-state index contributed by atoms with van der Waals surface area (Å²) in [6, 6.07) is 14.4. The first-order valence-corrected chi connectivity index (χ1v) is 8.38. The number of hydrogen-bond donors (Lipinski definition) is 1. The molecule has 1 aliphatic carbocycles. The summed E-state index contributed by atoms with van der Waals surface area (Å²) in [6.07, 6.45) is 6.60. The fraction of sp³-hybridized carbons (Fsp3) is 0.286. The number of carbonyl (C=O) groups is 1. The van der Waals surface area contributed by atoms with Crippen molar-refractivity contribution in [3.05, 3.63) is 70.8 Å². The van der Waals surface area contributed by atoms with Gasteiger partial charge >= 0.3 is 0 Å². The van der Waals surface area contributed by atoms with Crippen LogP contribution >= 0.6 is 0 Å². The summed E-state index contributed by atoms with van der Waals surface area (Å²) in [5.41, 5.74) is 4.64. The first-order valence-electron chi connectivity index (χ1n) is 8.38. The average Bonchev–Trinajstić information content (AvgIpc) is 2.60. The third kappa shape index (κ3) is 3.67. The van der Waals surface area contributed by atoms with E-state index in [1.807, 2.05) is 37.3 Å². The van der Waals surface area contributed by atoms with Crippen LogP contribution in [0.2, 0.25) is 0 Å². The van der Waals surface area contributed by atoms with Crippen molar-refractivity contribution in [2.45, 2.75) is 32.2 Å². The highest BCUT2D eigenvalue weighted by atomic mass is 16.5. The molecule has 0 spiro atoms. The van der Waals surface area contributed by atoms with Gasteiger partial charge in [0.1, 0.15) is 5.75 Å². The molecular formula is C21H23NO2. The van der Waals surface area contributed by atoms with Crippen LogP contribution in [0.15, 0.2) is 48.5 Å². The molecule has 0 radical (unpaired) electrons. The van der Waals surface area contributed by atoms with Gasteiger partial charge in [0.25, 0.3) is 0 Å². The number of benzene rings is 2. The van der Waals surface area contributed by atoms with Crippen LogP contribution in [0.5, 0.6) is 5.75 Å². The predicted octanol–water partition coefficient (Wildman–Crippen LogP) is 4.21. The Hall–Kier alpha value is -2.55. The Morgan fingerprint density at radius 2 is 2.08 bits per heavy atom. The van der Waals surface area contributed by atoms with Gasteiger partial charge in [-0.25, -0.2) is 0 Å². The molecule has 2 aromatic carbocycles. The second-order valence-electron chi connectivity index (χ2n) is 6.23. The molecule has 2 aromatic rings. The van der Waals surface area contributed by atoms with Crippen molar-refractivity contribution in [2.24, 2.45) is 0 Å². The molecule has 0 heterocycles. The van der Waals surface area contributed by atoms with E-state index in [0.29, 0.717) is 0 Å². The van der Waals surface area contributed by atoms with E-state index >= 15 is 0 Å². The van der Waals surface area contributed by atoms with Gasteiger partial charge in [0, 0.05) is 11.6 Å². The molecule has 1 aliphatic rings. The van der Waals surface area contributed by atoms with Gasteiger partial charge in [-0.05, 0) is 55.5 Å². The number of rotatable bonds is 4. The summed E-state index contributed by atoms with van der Waals surface area (Å²) >= 11 is 0. The Morgan fingerprint density at radius 3 is 2.92 bits per heavy atom. The number of amides is 1. The fourth-order valence-corrected chi connectivity index (χ4v) is 3.27. The largest absolute Gasteiger partial charge is 0.496 e. The van der Waals surface area contributed by atoms with E-state index in [1.165, 1.54) is 11.1 Å². The van der Waals surface area contributed by atoms with E-state index in [0.717, 1.165) is 36.1 Å². The zero-order valence-corrected chi connectivity index (χ0v) is 14.2. The van der Waals surface area contributed by atoms with Crippen LogP contribution in [0.4, 0.5) is 0 Å². The van der Waals surface area contributed by atoms with Crippen molar-refractivity contribution in [3.63, 3.8) is 0 Å². The third-order valence-corrected chi connectivity index (χ3v) is 4.49. The van der Waals surface area contributed by atoms with E-state index in [2.05, 4.69) is 23.5 Å². The molecule has 1 amide bonds. The van der Waals surface area contributed by atoms with Gasteiger partial charge in [-0.2, -0.15) is 0 Å². The van der Waals surface area contributed by atoms with E-state index in [-0.39, 0.29) is 11.9 Å². The summed E-state index contributed by atoms with van der Waals surface area (Å²) in [4.78, 5) is 12.3. The van der Waals surface area contributed by atoms with Crippen LogP contribution in [0.3, 0.4) is 0 Å². The number of fused-ring (bicyclic) bond motifs is 1. The molecule has 3 nitrogen and oxygen atoms in total. The van der Waals surface area contributed by atoms with Crippen molar-refractivity contribution >= 4 is 12.0 Å². The fourth-order valence-electron chi connectivity index (χ4n) is 3.27. The van der Waals surface area contributed by atoms with Gasteiger partial charge in [-0.15, -0.1) is 0 Å². The standard InChI is InChI=1S/C21H23NO2/c1-15-10-12-20(24-2)17(14-15)11-13-21(23)22-19-9-5-7-16-6-3-4-8-18(16)19/h3-4,6,8,10-14,19H,5,7,9H2,1-2H3,(H,22,23). The summed E-state index contributed by atoms with van der Waals surface area (Å²) < 4.78 is 5.35. The van der Waals surface area contributed by atoms with Crippen molar-refractivity contribution in [1.29, 1.82) is 0 Å². The molecule has 0 saturated carbocycles. The second kappa shape index (κ2) is 7.35. The smallest absolute Gasteiger partial charge is 0.244 e. The molecule has 124 valence electrons. The van der Waals surface area contributed by atoms with Crippen LogP contribution in [0.1, 0.15) is 41.1 Å². The van der Waals surface area contributed by atoms with E-state index < -0.39 is 0 Å². The molecule has 24 heavy (non-hydrogen) atoms. The minimum atomic E-state index is -0.0692. The number of hydrogen-bond acceptors (Lipinski definition) is 2. The van der Waals surface area contributed by atoms with Crippen molar-refractivity contribution in [2.75, 3.05) is 7.11 Å². The highest BCUT2D eigenvalue weighted by molar-refractivity contribution is 5.92. The van der Waals surface area contributed by atoms with Gasteiger partial charge < -0.3 is 10.1 Å². The number of carbonyl (C=O) groups excluding carboxylic acids is 1. The predicted molar refractivity (Wildman–Crippen MR) is 97.0 cm³/mol. The molecule has 1 N–H and O–H groups in total. The number of methoxy groups -OCH3 is 1. The first-order chi connectivity index (χ1) is 11.7. The summed E-state index contributed by atoms with van der Waals surface area (Å²) in [7, 11) is 1.64. The van der Waals surface area contributed by atoms with Gasteiger partial charge in [-0.1, -0.05) is 35.9 Å². The van der Waals surface area contributed by atoms with Crippen LogP contribution in [0, 0.1) is 6.92 Å². The lowest BCUT2D eigenvalue weighted by Gasteiger charge is -2.25. The highest BCUT2D eigenvalue weighted by Crippen LogP contribution is 2.29. The van der Waals surface area contributed by atoms with Crippen molar-refractivity contribution in [3.8, 4) is 5.75 Å². The minimum absolute atomic E-state index is 0.0692. The molecule has 0 saturated heterocycles. The number of ether oxygens (including phenoxy) is 1. The van der Waals surface area contributed by atoms with E-state index in [9.17, 15) is 4.79 Å². The molecule has 0 aliphatic heterocycles. The Kier molecular flexibility index (Phi) is 4.99. The number of nitrogens with one attached hydrogen (secondary N) is 1. The van der Waals surface area contributed by atoms with Crippen LogP contribution in [0.25, 0.3) is 6.08 Å². The Bertz CT molecular complexity index is 764. The molecular weight excluding hydrogens is 298 g/mol. The lowest BCUT2D eigenvalue weighted by atomic mass is 9.88. The molecule has 3 rings (SSSR count). The Balaban J connectivity index is 1.72. The molecule has 1 unspecified atom stereocenters. The Labute approximate surface area is 143 Å². The molecule has 1 atom stereocenters. The monoisotopic (exact) mass is 321 g/mol. The minimum Gasteiger partial charge on any atom is -0.496 e. The van der Waals surface area contributed by atoms with Gasteiger partial charge in [-0.3, -0.25) is 4.79 Å². The van der Waals surface area contributed by atoms with Crippen LogP contribution in [-0.4, -0.2) is 13.0 Å². The van der Waals surface area contributed by atoms with Crippen LogP contribution in [-0.2, 0) is 11.2 Å². The normalized spacial score (nSPS) is 16.7. The molecule has 0 bridgehead atoms. The topological polar surface area (TPSA) is 38.3 Å². The maximum absolute atomic E-state index is 12.3. The van der Waals surface area contributed by atoms with Crippen molar-refractivity contribution < 1.29 is 9.53 Å². The van der Waals surface area contributed by atoms with Crippen molar-refractivity contribution in [1.82, 2.24) is 5.32 Å².